The van der Waals surface area contributed by atoms with Crippen LogP contribution in [0.15, 0.2) is 65.8 Å². The summed E-state index contributed by atoms with van der Waals surface area (Å²) in [6, 6.07) is 20.5. The van der Waals surface area contributed by atoms with E-state index >= 15 is 0 Å². The average Bonchev–Trinajstić information content (AvgIpc) is 3.10. The summed E-state index contributed by atoms with van der Waals surface area (Å²) in [5.41, 5.74) is 2.55. The van der Waals surface area contributed by atoms with Gasteiger partial charge in [-0.3, -0.25) is 0 Å². The normalized spacial score (nSPS) is 19.1. The SMILES string of the molecule is COc1ccc(C2(C)CC(c3cccc4ccccc34)=NO2)cc1OC. The van der Waals surface area contributed by atoms with E-state index < -0.39 is 5.60 Å². The Kier molecular flexibility index (Phi) is 4.03. The smallest absolute Gasteiger partial charge is 0.165 e. The van der Waals surface area contributed by atoms with Gasteiger partial charge in [0.1, 0.15) is 0 Å². The van der Waals surface area contributed by atoms with Crippen molar-refractivity contribution in [1.29, 1.82) is 0 Å². The summed E-state index contributed by atoms with van der Waals surface area (Å²) in [5.74, 6) is 1.39. The van der Waals surface area contributed by atoms with Crippen LogP contribution in [0.5, 0.6) is 11.5 Å². The number of nitrogens with zero attached hydrogens (tertiary/aromatic N) is 1. The number of ether oxygens (including phenoxy) is 2. The fraction of sp³-hybridized carbons (Fsp3) is 0.227. The minimum atomic E-state index is -0.536. The number of methoxy groups -OCH3 is 2. The molecule has 1 atom stereocenters. The van der Waals surface area contributed by atoms with Crippen molar-refractivity contribution >= 4 is 16.5 Å². The second-order valence-corrected chi connectivity index (χ2v) is 6.63. The van der Waals surface area contributed by atoms with Gasteiger partial charge in [-0.25, -0.2) is 0 Å². The molecule has 1 unspecified atom stereocenters. The van der Waals surface area contributed by atoms with Gasteiger partial charge in [-0.2, -0.15) is 0 Å². The van der Waals surface area contributed by atoms with E-state index in [1.807, 2.05) is 24.3 Å². The predicted molar refractivity (Wildman–Crippen MR) is 103 cm³/mol. The van der Waals surface area contributed by atoms with Gasteiger partial charge in [0.2, 0.25) is 0 Å². The molecule has 4 rings (SSSR count). The minimum Gasteiger partial charge on any atom is -0.493 e. The fourth-order valence-electron chi connectivity index (χ4n) is 3.48. The fourth-order valence-corrected chi connectivity index (χ4v) is 3.48. The van der Waals surface area contributed by atoms with E-state index in [2.05, 4.69) is 48.5 Å². The Bertz CT molecular complexity index is 990. The molecule has 0 aliphatic carbocycles. The molecule has 1 aliphatic heterocycles. The van der Waals surface area contributed by atoms with Gasteiger partial charge in [-0.1, -0.05) is 53.7 Å². The molecule has 0 saturated heterocycles. The predicted octanol–water partition coefficient (Wildman–Crippen LogP) is 4.90. The number of benzene rings is 3. The van der Waals surface area contributed by atoms with Crippen LogP contribution in [0.3, 0.4) is 0 Å². The van der Waals surface area contributed by atoms with Crippen molar-refractivity contribution in [2.75, 3.05) is 14.2 Å². The van der Waals surface area contributed by atoms with Gasteiger partial charge in [0, 0.05) is 17.5 Å². The van der Waals surface area contributed by atoms with Crippen LogP contribution in [0.2, 0.25) is 0 Å². The first-order chi connectivity index (χ1) is 12.6. The molecule has 3 aromatic rings. The van der Waals surface area contributed by atoms with Crippen LogP contribution in [0.1, 0.15) is 24.5 Å². The average molecular weight is 347 g/mol. The quantitative estimate of drug-likeness (QED) is 0.674. The highest BCUT2D eigenvalue weighted by molar-refractivity contribution is 6.11. The van der Waals surface area contributed by atoms with Crippen LogP contribution in [0.4, 0.5) is 0 Å². The maximum atomic E-state index is 5.91. The number of hydrogen-bond donors (Lipinski definition) is 0. The van der Waals surface area contributed by atoms with Gasteiger partial charge in [-0.05, 0) is 29.8 Å². The van der Waals surface area contributed by atoms with E-state index in [4.69, 9.17) is 14.3 Å². The highest BCUT2D eigenvalue weighted by atomic mass is 16.7. The lowest BCUT2D eigenvalue weighted by Crippen LogP contribution is -2.22. The molecule has 0 bridgehead atoms. The molecular weight excluding hydrogens is 326 g/mol. The third-order valence-corrected chi connectivity index (χ3v) is 4.96. The van der Waals surface area contributed by atoms with Crippen LogP contribution >= 0.6 is 0 Å². The van der Waals surface area contributed by atoms with Crippen LogP contribution in [-0.2, 0) is 10.4 Å². The summed E-state index contributed by atoms with van der Waals surface area (Å²) < 4.78 is 10.8. The maximum absolute atomic E-state index is 5.91. The Hall–Kier alpha value is -3.01. The molecule has 0 radical (unpaired) electrons. The van der Waals surface area contributed by atoms with Crippen molar-refractivity contribution in [2.45, 2.75) is 18.9 Å². The Morgan fingerprint density at radius 2 is 1.69 bits per heavy atom. The van der Waals surface area contributed by atoms with Gasteiger partial charge in [0.25, 0.3) is 0 Å². The number of oxime groups is 1. The lowest BCUT2D eigenvalue weighted by molar-refractivity contribution is -0.00755. The largest absolute Gasteiger partial charge is 0.493 e. The van der Waals surface area contributed by atoms with Crippen LogP contribution in [0, 0.1) is 0 Å². The van der Waals surface area contributed by atoms with Crippen LogP contribution < -0.4 is 9.47 Å². The molecule has 1 aliphatic rings. The summed E-state index contributed by atoms with van der Waals surface area (Å²) in [7, 11) is 3.27. The number of fused-ring (bicyclic) bond motifs is 1. The molecule has 0 amide bonds. The van der Waals surface area contributed by atoms with E-state index in [1.165, 1.54) is 10.8 Å². The zero-order chi connectivity index (χ0) is 18.1. The topological polar surface area (TPSA) is 40.0 Å². The molecule has 0 saturated carbocycles. The van der Waals surface area contributed by atoms with E-state index in [9.17, 15) is 0 Å². The van der Waals surface area contributed by atoms with Crippen LogP contribution in [0.25, 0.3) is 10.8 Å². The van der Waals surface area contributed by atoms with Gasteiger partial charge >= 0.3 is 0 Å². The zero-order valence-electron chi connectivity index (χ0n) is 15.2. The molecule has 26 heavy (non-hydrogen) atoms. The van der Waals surface area contributed by atoms with Crippen molar-refractivity contribution in [1.82, 2.24) is 0 Å². The van der Waals surface area contributed by atoms with Gasteiger partial charge in [-0.15, -0.1) is 0 Å². The molecule has 132 valence electrons. The number of rotatable bonds is 4. The Morgan fingerprint density at radius 1 is 0.923 bits per heavy atom. The van der Waals surface area contributed by atoms with E-state index in [0.717, 1.165) is 16.8 Å². The maximum Gasteiger partial charge on any atom is 0.165 e. The standard InChI is InChI=1S/C22H21NO3/c1-22(16-11-12-20(24-2)21(13-16)25-3)14-19(23-26-22)18-10-6-8-15-7-4-5-9-17(15)18/h4-13H,14H2,1-3H3. The summed E-state index contributed by atoms with van der Waals surface area (Å²) in [6.07, 6.45) is 0.691. The number of hydrogen-bond acceptors (Lipinski definition) is 4. The molecule has 1 heterocycles. The van der Waals surface area contributed by atoms with Crippen molar-refractivity contribution in [3.05, 3.63) is 71.8 Å². The first kappa shape index (κ1) is 16.5. The zero-order valence-corrected chi connectivity index (χ0v) is 15.2. The second-order valence-electron chi connectivity index (χ2n) is 6.63. The molecular formula is C22H21NO3. The van der Waals surface area contributed by atoms with Gasteiger partial charge in [0.05, 0.1) is 19.9 Å². The highest BCUT2D eigenvalue weighted by Gasteiger charge is 2.37. The van der Waals surface area contributed by atoms with E-state index in [-0.39, 0.29) is 0 Å². The molecule has 0 spiro atoms. The molecule has 0 N–H and O–H groups in total. The lowest BCUT2D eigenvalue weighted by Gasteiger charge is -2.23. The van der Waals surface area contributed by atoms with E-state index in [0.29, 0.717) is 17.9 Å². The summed E-state index contributed by atoms with van der Waals surface area (Å²) in [4.78, 5) is 5.91. The van der Waals surface area contributed by atoms with Crippen LogP contribution in [-0.4, -0.2) is 19.9 Å². The first-order valence-corrected chi connectivity index (χ1v) is 8.60. The lowest BCUT2D eigenvalue weighted by atomic mass is 9.87. The van der Waals surface area contributed by atoms with Crippen molar-refractivity contribution in [3.8, 4) is 11.5 Å². The third kappa shape index (κ3) is 2.68. The first-order valence-electron chi connectivity index (χ1n) is 8.60. The second kappa shape index (κ2) is 6.37. The Labute approximate surface area is 153 Å². The molecule has 0 aromatic heterocycles. The third-order valence-electron chi connectivity index (χ3n) is 4.96. The Morgan fingerprint density at radius 3 is 2.50 bits per heavy atom. The molecule has 4 heteroatoms. The highest BCUT2D eigenvalue weighted by Crippen LogP contribution is 2.40. The molecule has 3 aromatic carbocycles. The van der Waals surface area contributed by atoms with Crippen molar-refractivity contribution in [3.63, 3.8) is 0 Å². The summed E-state index contributed by atoms with van der Waals surface area (Å²) in [6.45, 7) is 2.05. The monoisotopic (exact) mass is 347 g/mol. The van der Waals surface area contributed by atoms with E-state index in [1.54, 1.807) is 14.2 Å². The molecule has 4 nitrogen and oxygen atoms in total. The summed E-state index contributed by atoms with van der Waals surface area (Å²) >= 11 is 0. The molecule has 0 fully saturated rings. The van der Waals surface area contributed by atoms with Gasteiger partial charge < -0.3 is 14.3 Å². The Balaban J connectivity index is 1.69. The minimum absolute atomic E-state index is 0.536. The van der Waals surface area contributed by atoms with Crippen molar-refractivity contribution < 1.29 is 14.3 Å². The summed E-state index contributed by atoms with van der Waals surface area (Å²) in [5, 5.41) is 6.82. The van der Waals surface area contributed by atoms with Gasteiger partial charge in [0.15, 0.2) is 17.1 Å². The van der Waals surface area contributed by atoms with Crippen molar-refractivity contribution in [2.24, 2.45) is 5.16 Å².